The lowest BCUT2D eigenvalue weighted by Gasteiger charge is -2.31. The molecule has 1 unspecified atom stereocenters. The van der Waals surface area contributed by atoms with Crippen LogP contribution in [0.1, 0.15) is 39.5 Å². The van der Waals surface area contributed by atoms with Crippen molar-refractivity contribution in [3.8, 4) is 0 Å². The van der Waals surface area contributed by atoms with Crippen molar-refractivity contribution in [3.05, 3.63) is 0 Å². The van der Waals surface area contributed by atoms with E-state index in [4.69, 9.17) is 5.73 Å². The first-order valence-corrected chi connectivity index (χ1v) is 8.96. The van der Waals surface area contributed by atoms with Crippen molar-refractivity contribution in [3.63, 3.8) is 0 Å². The Morgan fingerprint density at radius 2 is 1.95 bits per heavy atom. The smallest absolute Gasteiger partial charge is 0.350 e. The van der Waals surface area contributed by atoms with Crippen LogP contribution in [0.2, 0.25) is 0 Å². The Labute approximate surface area is 130 Å². The summed E-state index contributed by atoms with van der Waals surface area (Å²) < 4.78 is 48.4. The van der Waals surface area contributed by atoms with E-state index in [-0.39, 0.29) is 24.9 Å². The number of amides is 1. The van der Waals surface area contributed by atoms with Gasteiger partial charge in [0.05, 0.1) is 5.54 Å². The first kappa shape index (κ1) is 19.2. The molecule has 1 heterocycles. The van der Waals surface area contributed by atoms with Gasteiger partial charge in [0.15, 0.2) is 0 Å². The van der Waals surface area contributed by atoms with Crippen LogP contribution < -0.4 is 11.1 Å². The summed E-state index contributed by atoms with van der Waals surface area (Å²) >= 11 is 0. The Hall–Kier alpha value is -0.800. The highest BCUT2D eigenvalue weighted by atomic mass is 32.2. The SMILES string of the molecule is CCCC(C)(N)C(=O)NCC1CCN(S(=O)(=O)C(F)F)CC1. The minimum absolute atomic E-state index is 0.0576. The molecule has 1 aliphatic rings. The van der Waals surface area contributed by atoms with Crippen LogP contribution in [-0.4, -0.2) is 49.6 Å². The van der Waals surface area contributed by atoms with Crippen molar-refractivity contribution in [1.82, 2.24) is 9.62 Å². The summed E-state index contributed by atoms with van der Waals surface area (Å²) in [7, 11) is -4.49. The van der Waals surface area contributed by atoms with Gasteiger partial charge in [-0.2, -0.15) is 13.1 Å². The number of rotatable bonds is 7. The van der Waals surface area contributed by atoms with E-state index in [9.17, 15) is 22.0 Å². The van der Waals surface area contributed by atoms with Crippen LogP contribution in [0.15, 0.2) is 0 Å². The largest absolute Gasteiger partial charge is 0.354 e. The molecule has 1 aliphatic heterocycles. The van der Waals surface area contributed by atoms with E-state index in [0.717, 1.165) is 10.7 Å². The summed E-state index contributed by atoms with van der Waals surface area (Å²) in [5, 5.41) is 2.77. The maximum absolute atomic E-state index is 12.5. The van der Waals surface area contributed by atoms with E-state index in [2.05, 4.69) is 5.32 Å². The van der Waals surface area contributed by atoms with Gasteiger partial charge in [-0.1, -0.05) is 13.3 Å². The number of hydrogen-bond donors (Lipinski definition) is 2. The number of hydrogen-bond acceptors (Lipinski definition) is 4. The molecule has 0 radical (unpaired) electrons. The van der Waals surface area contributed by atoms with Crippen molar-refractivity contribution in [2.75, 3.05) is 19.6 Å². The zero-order valence-corrected chi connectivity index (χ0v) is 13.8. The molecule has 1 rings (SSSR count). The topological polar surface area (TPSA) is 92.5 Å². The first-order valence-electron chi connectivity index (χ1n) is 7.45. The monoisotopic (exact) mass is 341 g/mol. The Balaban J connectivity index is 2.43. The molecule has 0 aromatic rings. The predicted octanol–water partition coefficient (Wildman–Crippen LogP) is 0.885. The molecule has 22 heavy (non-hydrogen) atoms. The van der Waals surface area contributed by atoms with Gasteiger partial charge in [-0.25, -0.2) is 8.42 Å². The normalized spacial score (nSPS) is 20.8. The van der Waals surface area contributed by atoms with E-state index in [1.54, 1.807) is 6.92 Å². The lowest BCUT2D eigenvalue weighted by atomic mass is 9.94. The predicted molar refractivity (Wildman–Crippen MR) is 79.7 cm³/mol. The van der Waals surface area contributed by atoms with E-state index in [0.29, 0.717) is 25.8 Å². The number of carbonyl (C=O) groups is 1. The second-order valence-corrected chi connectivity index (χ2v) is 7.93. The highest BCUT2D eigenvalue weighted by Crippen LogP contribution is 2.22. The fraction of sp³-hybridized carbons (Fsp3) is 0.923. The van der Waals surface area contributed by atoms with E-state index in [1.807, 2.05) is 6.92 Å². The van der Waals surface area contributed by atoms with Crippen LogP contribution in [0.4, 0.5) is 8.78 Å². The number of nitrogens with zero attached hydrogens (tertiary/aromatic N) is 1. The fourth-order valence-corrected chi connectivity index (χ4v) is 3.50. The Bertz CT molecular complexity index is 475. The summed E-state index contributed by atoms with van der Waals surface area (Å²) in [4.78, 5) is 12.0. The van der Waals surface area contributed by atoms with Crippen molar-refractivity contribution in [2.45, 2.75) is 50.8 Å². The molecule has 0 aromatic heterocycles. The molecule has 1 amide bonds. The lowest BCUT2D eigenvalue weighted by Crippen LogP contribution is -2.53. The lowest BCUT2D eigenvalue weighted by molar-refractivity contribution is -0.126. The van der Waals surface area contributed by atoms with Crippen LogP contribution in [-0.2, 0) is 14.8 Å². The molecule has 130 valence electrons. The van der Waals surface area contributed by atoms with Gasteiger partial charge < -0.3 is 11.1 Å². The van der Waals surface area contributed by atoms with E-state index >= 15 is 0 Å². The molecule has 1 atom stereocenters. The third-order valence-electron chi connectivity index (χ3n) is 4.00. The van der Waals surface area contributed by atoms with Crippen LogP contribution in [0.3, 0.4) is 0 Å². The average Bonchev–Trinajstić information content (AvgIpc) is 2.44. The standard InChI is InChI=1S/C13H25F2N3O3S/c1-3-6-13(2,16)11(19)17-9-10-4-7-18(8-5-10)22(20,21)12(14)15/h10,12H,3-9,16H2,1-2H3,(H,17,19). The second kappa shape index (κ2) is 7.65. The average molecular weight is 341 g/mol. The van der Waals surface area contributed by atoms with Gasteiger partial charge in [0.25, 0.3) is 10.0 Å². The number of carbonyl (C=O) groups excluding carboxylic acids is 1. The van der Waals surface area contributed by atoms with Crippen LogP contribution in [0, 0.1) is 5.92 Å². The molecule has 0 saturated carbocycles. The van der Waals surface area contributed by atoms with Gasteiger partial charge in [-0.3, -0.25) is 4.79 Å². The van der Waals surface area contributed by atoms with Gasteiger partial charge in [0, 0.05) is 19.6 Å². The molecular weight excluding hydrogens is 316 g/mol. The fourth-order valence-electron chi connectivity index (χ4n) is 2.55. The minimum atomic E-state index is -4.49. The maximum atomic E-state index is 12.5. The van der Waals surface area contributed by atoms with E-state index in [1.165, 1.54) is 0 Å². The summed E-state index contributed by atoms with van der Waals surface area (Å²) in [5.74, 6) is -3.54. The highest BCUT2D eigenvalue weighted by Gasteiger charge is 2.35. The quantitative estimate of drug-likeness (QED) is 0.719. The third kappa shape index (κ3) is 4.85. The zero-order chi connectivity index (χ0) is 17.0. The van der Waals surface area contributed by atoms with E-state index < -0.39 is 21.3 Å². The van der Waals surface area contributed by atoms with Crippen LogP contribution in [0.5, 0.6) is 0 Å². The Kier molecular flexibility index (Phi) is 6.69. The molecule has 0 aliphatic carbocycles. The Morgan fingerprint density at radius 1 is 1.41 bits per heavy atom. The molecular formula is C13H25F2N3O3S. The summed E-state index contributed by atoms with van der Waals surface area (Å²) in [5.41, 5.74) is 4.99. The molecule has 0 spiro atoms. The van der Waals surface area contributed by atoms with Crippen molar-refractivity contribution >= 4 is 15.9 Å². The number of halogens is 2. The number of alkyl halides is 2. The minimum Gasteiger partial charge on any atom is -0.354 e. The molecule has 0 bridgehead atoms. The number of nitrogens with two attached hydrogens (primary N) is 1. The van der Waals surface area contributed by atoms with Gasteiger partial charge in [0.2, 0.25) is 5.91 Å². The number of sulfonamides is 1. The highest BCUT2D eigenvalue weighted by molar-refractivity contribution is 7.89. The van der Waals surface area contributed by atoms with Crippen molar-refractivity contribution < 1.29 is 22.0 Å². The van der Waals surface area contributed by atoms with Crippen molar-refractivity contribution in [1.29, 1.82) is 0 Å². The molecule has 3 N–H and O–H groups in total. The zero-order valence-electron chi connectivity index (χ0n) is 13.0. The van der Waals surface area contributed by atoms with Gasteiger partial charge in [-0.15, -0.1) is 0 Å². The maximum Gasteiger partial charge on any atom is 0.350 e. The summed E-state index contributed by atoms with van der Waals surface area (Å²) in [6, 6.07) is 0. The van der Waals surface area contributed by atoms with Crippen molar-refractivity contribution in [2.24, 2.45) is 11.7 Å². The summed E-state index contributed by atoms with van der Waals surface area (Å²) in [6.07, 6.45) is 2.26. The Morgan fingerprint density at radius 3 is 2.41 bits per heavy atom. The molecule has 6 nitrogen and oxygen atoms in total. The second-order valence-electron chi connectivity index (χ2n) is 6.03. The van der Waals surface area contributed by atoms with Gasteiger partial charge >= 0.3 is 5.76 Å². The molecule has 1 saturated heterocycles. The van der Waals surface area contributed by atoms with Crippen LogP contribution >= 0.6 is 0 Å². The van der Waals surface area contributed by atoms with Crippen LogP contribution in [0.25, 0.3) is 0 Å². The molecule has 1 fully saturated rings. The van der Waals surface area contributed by atoms with Gasteiger partial charge in [0.1, 0.15) is 0 Å². The molecule has 0 aromatic carbocycles. The third-order valence-corrected chi connectivity index (χ3v) is 5.53. The van der Waals surface area contributed by atoms with Gasteiger partial charge in [-0.05, 0) is 32.1 Å². The molecule has 9 heteroatoms. The summed E-state index contributed by atoms with van der Waals surface area (Å²) in [6.45, 7) is 4.11. The number of piperidine rings is 1. The number of nitrogens with one attached hydrogen (secondary N) is 1. The first-order chi connectivity index (χ1) is 10.1.